The van der Waals surface area contributed by atoms with Gasteiger partial charge in [-0.25, -0.2) is 17.5 Å². The lowest BCUT2D eigenvalue weighted by Gasteiger charge is -2.19. The number of para-hydroxylation sites is 1. The van der Waals surface area contributed by atoms with Crippen LogP contribution in [0.3, 0.4) is 0 Å². The van der Waals surface area contributed by atoms with Crippen LogP contribution < -0.4 is 0 Å². The van der Waals surface area contributed by atoms with Gasteiger partial charge >= 0.3 is 6.18 Å². The molecular formula is C25H20F4N4O2S. The molecule has 11 heteroatoms. The summed E-state index contributed by atoms with van der Waals surface area (Å²) in [7, 11) is -3.50. The summed E-state index contributed by atoms with van der Waals surface area (Å²) >= 11 is 0. The van der Waals surface area contributed by atoms with Gasteiger partial charge in [-0.3, -0.25) is 9.88 Å². The summed E-state index contributed by atoms with van der Waals surface area (Å²) in [4.78, 5) is 5.69. The molecular weight excluding hydrogens is 496 g/mol. The van der Waals surface area contributed by atoms with Gasteiger partial charge in [-0.2, -0.15) is 18.3 Å². The Balaban J connectivity index is 1.43. The van der Waals surface area contributed by atoms with Crippen molar-refractivity contribution in [2.24, 2.45) is 0 Å². The van der Waals surface area contributed by atoms with Gasteiger partial charge in [0.2, 0.25) is 0 Å². The summed E-state index contributed by atoms with van der Waals surface area (Å²) in [6.07, 6.45) is -0.552. The molecule has 2 aromatic heterocycles. The number of benzene rings is 2. The molecule has 0 unspecified atom stereocenters. The van der Waals surface area contributed by atoms with Crippen LogP contribution in [0.5, 0.6) is 0 Å². The Bertz CT molecular complexity index is 1520. The monoisotopic (exact) mass is 516 g/mol. The molecule has 0 radical (unpaired) electrons. The van der Waals surface area contributed by atoms with Crippen molar-refractivity contribution >= 4 is 9.84 Å². The fourth-order valence-electron chi connectivity index (χ4n) is 4.27. The molecule has 186 valence electrons. The van der Waals surface area contributed by atoms with Gasteiger partial charge in [0.05, 0.1) is 10.6 Å². The largest absolute Gasteiger partial charge is 0.433 e. The molecule has 1 aliphatic heterocycles. The zero-order valence-corrected chi connectivity index (χ0v) is 19.8. The van der Waals surface area contributed by atoms with E-state index in [1.54, 1.807) is 30.5 Å². The lowest BCUT2D eigenvalue weighted by Crippen LogP contribution is -2.18. The number of sulfone groups is 1. The molecule has 2 aromatic carbocycles. The first-order valence-electron chi connectivity index (χ1n) is 10.9. The summed E-state index contributed by atoms with van der Waals surface area (Å²) in [5, 5.41) is 4.51. The molecule has 0 aliphatic carbocycles. The number of nitrogens with zero attached hydrogens (tertiary/aromatic N) is 4. The van der Waals surface area contributed by atoms with E-state index in [1.807, 2.05) is 4.90 Å². The first-order valence-corrected chi connectivity index (χ1v) is 12.8. The lowest BCUT2D eigenvalue weighted by atomic mass is 10.0. The minimum atomic E-state index is -4.56. The molecule has 6 nitrogen and oxygen atoms in total. The summed E-state index contributed by atoms with van der Waals surface area (Å²) < 4.78 is 78.8. The van der Waals surface area contributed by atoms with Crippen LogP contribution in [0.1, 0.15) is 22.5 Å². The van der Waals surface area contributed by atoms with Crippen LogP contribution in [0.15, 0.2) is 71.9 Å². The van der Waals surface area contributed by atoms with Gasteiger partial charge in [-0.15, -0.1) is 0 Å². The number of aromatic nitrogens is 3. The number of hydrogen-bond donors (Lipinski definition) is 0. The van der Waals surface area contributed by atoms with Crippen molar-refractivity contribution in [3.05, 3.63) is 95.3 Å². The smallest absolute Gasteiger partial charge is 0.289 e. The molecule has 0 saturated carbocycles. The second-order valence-corrected chi connectivity index (χ2v) is 10.7. The molecule has 0 N–H and O–H groups in total. The highest BCUT2D eigenvalue weighted by Gasteiger charge is 2.32. The van der Waals surface area contributed by atoms with E-state index >= 15 is 0 Å². The summed E-state index contributed by atoms with van der Waals surface area (Å²) in [6, 6.07) is 13.1. The Labute approximate surface area is 204 Å². The van der Waals surface area contributed by atoms with Gasteiger partial charge < -0.3 is 0 Å². The van der Waals surface area contributed by atoms with Crippen LogP contribution in [-0.2, 0) is 35.6 Å². The molecule has 0 bridgehead atoms. The van der Waals surface area contributed by atoms with Gasteiger partial charge in [-0.1, -0.05) is 24.3 Å². The second kappa shape index (κ2) is 8.82. The molecule has 0 spiro atoms. The first kappa shape index (κ1) is 24.1. The number of rotatable bonds is 5. The van der Waals surface area contributed by atoms with Crippen molar-refractivity contribution in [1.82, 2.24) is 19.7 Å². The fourth-order valence-corrected chi connectivity index (χ4v) is 4.94. The van der Waals surface area contributed by atoms with Gasteiger partial charge in [0.1, 0.15) is 17.2 Å². The third-order valence-corrected chi connectivity index (χ3v) is 7.12. The van der Waals surface area contributed by atoms with Gasteiger partial charge in [-0.05, 0) is 41.5 Å². The SMILES string of the molecule is CS(=O)(=O)c1ccc(-c2ccc(C(F)(F)F)nc2)c(CN2Cc3cn(-c4ccccc4F)nc3C2)c1. The first-order chi connectivity index (χ1) is 17.0. The zero-order chi connectivity index (χ0) is 25.7. The van der Waals surface area contributed by atoms with E-state index in [0.717, 1.165) is 29.8 Å². The van der Waals surface area contributed by atoms with Gasteiger partial charge in [0.25, 0.3) is 0 Å². The molecule has 4 aromatic rings. The van der Waals surface area contributed by atoms with Crippen LogP contribution in [0.4, 0.5) is 17.6 Å². The molecule has 0 fully saturated rings. The van der Waals surface area contributed by atoms with Crippen molar-refractivity contribution in [3.63, 3.8) is 0 Å². The van der Waals surface area contributed by atoms with Crippen molar-refractivity contribution in [3.8, 4) is 16.8 Å². The minimum absolute atomic E-state index is 0.114. The van der Waals surface area contributed by atoms with E-state index in [1.165, 1.54) is 28.9 Å². The fraction of sp³-hybridized carbons (Fsp3) is 0.200. The molecule has 3 heterocycles. The maximum absolute atomic E-state index is 14.1. The molecule has 0 amide bonds. The summed E-state index contributed by atoms with van der Waals surface area (Å²) in [6.45, 7) is 1.28. The topological polar surface area (TPSA) is 68.1 Å². The maximum Gasteiger partial charge on any atom is 0.433 e. The van der Waals surface area contributed by atoms with Crippen molar-refractivity contribution in [2.45, 2.75) is 30.7 Å². The third kappa shape index (κ3) is 4.76. The number of fused-ring (bicyclic) bond motifs is 1. The Morgan fingerprint density at radius 3 is 2.44 bits per heavy atom. The number of halogens is 4. The maximum atomic E-state index is 14.1. The van der Waals surface area contributed by atoms with E-state index in [-0.39, 0.29) is 10.7 Å². The minimum Gasteiger partial charge on any atom is -0.289 e. The average Bonchev–Trinajstić information content (AvgIpc) is 3.37. The van der Waals surface area contributed by atoms with Crippen LogP contribution in [0.25, 0.3) is 16.8 Å². The predicted molar refractivity (Wildman–Crippen MR) is 124 cm³/mol. The van der Waals surface area contributed by atoms with Gasteiger partial charge in [0, 0.05) is 49.4 Å². The third-order valence-electron chi connectivity index (χ3n) is 6.01. The van der Waals surface area contributed by atoms with E-state index in [0.29, 0.717) is 42.0 Å². The van der Waals surface area contributed by atoms with Crippen molar-refractivity contribution in [2.75, 3.05) is 6.26 Å². The van der Waals surface area contributed by atoms with E-state index in [2.05, 4.69) is 10.1 Å². The van der Waals surface area contributed by atoms with Crippen LogP contribution in [-0.4, -0.2) is 34.3 Å². The normalized spacial score (nSPS) is 14.2. The average molecular weight is 517 g/mol. The number of hydrogen-bond acceptors (Lipinski definition) is 5. The van der Waals surface area contributed by atoms with Crippen LogP contribution >= 0.6 is 0 Å². The number of alkyl halides is 3. The molecule has 36 heavy (non-hydrogen) atoms. The molecule has 0 saturated heterocycles. The van der Waals surface area contributed by atoms with Gasteiger partial charge in [0.15, 0.2) is 9.84 Å². The summed E-state index contributed by atoms with van der Waals surface area (Å²) in [5.41, 5.74) is 2.69. The Morgan fingerprint density at radius 1 is 1.03 bits per heavy atom. The molecule has 1 aliphatic rings. The van der Waals surface area contributed by atoms with Crippen LogP contribution in [0.2, 0.25) is 0 Å². The quantitative estimate of drug-likeness (QED) is 0.349. The number of pyridine rings is 1. The molecule has 5 rings (SSSR count). The lowest BCUT2D eigenvalue weighted by molar-refractivity contribution is -0.141. The highest BCUT2D eigenvalue weighted by molar-refractivity contribution is 7.90. The Morgan fingerprint density at radius 2 is 1.81 bits per heavy atom. The van der Waals surface area contributed by atoms with Crippen molar-refractivity contribution in [1.29, 1.82) is 0 Å². The molecule has 0 atom stereocenters. The summed E-state index contributed by atoms with van der Waals surface area (Å²) in [5.74, 6) is -0.386. The zero-order valence-electron chi connectivity index (χ0n) is 19.0. The Hall–Kier alpha value is -3.57. The van der Waals surface area contributed by atoms with Crippen molar-refractivity contribution < 1.29 is 26.0 Å². The highest BCUT2D eigenvalue weighted by Crippen LogP contribution is 2.33. The standard InChI is InChI=1S/C25H20F4N4O2S/c1-36(34,35)19-7-8-20(16-6-9-24(30-11-16)25(27,28)29)17(10-19)12-32-13-18-14-33(31-22(18)15-32)23-5-3-2-4-21(23)26/h2-11,14H,12-13,15H2,1H3. The van der Waals surface area contributed by atoms with Crippen LogP contribution in [0, 0.1) is 5.82 Å². The second-order valence-electron chi connectivity index (χ2n) is 8.66. The van der Waals surface area contributed by atoms with E-state index in [4.69, 9.17) is 0 Å². The Kier molecular flexibility index (Phi) is 5.92. The van der Waals surface area contributed by atoms with E-state index in [9.17, 15) is 26.0 Å². The van der Waals surface area contributed by atoms with E-state index < -0.39 is 21.7 Å². The highest BCUT2D eigenvalue weighted by atomic mass is 32.2. The predicted octanol–water partition coefficient (Wildman–Crippen LogP) is 5.01.